The summed E-state index contributed by atoms with van der Waals surface area (Å²) in [4.78, 5) is 23.3. The second-order valence-corrected chi connectivity index (χ2v) is 7.09. The molecule has 7 nitrogen and oxygen atoms in total. The molecule has 4 rings (SSSR count). The van der Waals surface area contributed by atoms with Gasteiger partial charge in [-0.15, -0.1) is 0 Å². The van der Waals surface area contributed by atoms with Crippen molar-refractivity contribution in [2.75, 3.05) is 57.3 Å². The molecule has 0 radical (unpaired) electrons. The maximum Gasteiger partial charge on any atom is 0.317 e. The highest BCUT2D eigenvalue weighted by Gasteiger charge is 2.36. The molecular weight excluding hydrogens is 318 g/mol. The van der Waals surface area contributed by atoms with E-state index in [0.29, 0.717) is 12.6 Å². The van der Waals surface area contributed by atoms with Crippen molar-refractivity contribution < 1.29 is 9.53 Å². The number of aromatic nitrogens is 1. The molecule has 1 unspecified atom stereocenters. The Labute approximate surface area is 148 Å². The van der Waals surface area contributed by atoms with Crippen LogP contribution in [0.1, 0.15) is 12.8 Å². The van der Waals surface area contributed by atoms with Gasteiger partial charge in [0.1, 0.15) is 5.82 Å². The molecule has 4 heterocycles. The fraction of sp³-hybridized carbons (Fsp3) is 0.667. The summed E-state index contributed by atoms with van der Waals surface area (Å²) in [5.41, 5.74) is 0. The molecule has 3 aliphatic rings. The van der Waals surface area contributed by atoms with Crippen LogP contribution in [0.25, 0.3) is 0 Å². The van der Waals surface area contributed by atoms with Gasteiger partial charge < -0.3 is 19.9 Å². The molecule has 1 aromatic heterocycles. The van der Waals surface area contributed by atoms with Gasteiger partial charge in [-0.25, -0.2) is 9.78 Å². The molecule has 1 atom stereocenters. The number of hydrogen-bond donors (Lipinski definition) is 1. The Morgan fingerprint density at radius 1 is 1.24 bits per heavy atom. The van der Waals surface area contributed by atoms with E-state index in [1.165, 1.54) is 0 Å². The lowest BCUT2D eigenvalue weighted by atomic mass is 10.1. The van der Waals surface area contributed by atoms with Crippen molar-refractivity contribution in [2.24, 2.45) is 0 Å². The average Bonchev–Trinajstić information content (AvgIpc) is 3.14. The van der Waals surface area contributed by atoms with Crippen molar-refractivity contribution in [2.45, 2.75) is 25.0 Å². The van der Waals surface area contributed by atoms with Crippen molar-refractivity contribution >= 4 is 11.8 Å². The quantitative estimate of drug-likeness (QED) is 0.874. The SMILES string of the molecule is O=C(NCC1CCCO1)N1CC(N2CCN(c3ccccn3)CC2)C1. The average molecular weight is 345 g/mol. The third kappa shape index (κ3) is 3.88. The highest BCUT2D eigenvalue weighted by atomic mass is 16.5. The normalized spacial score (nSPS) is 25.0. The van der Waals surface area contributed by atoms with Crippen LogP contribution < -0.4 is 10.2 Å². The lowest BCUT2D eigenvalue weighted by molar-refractivity contribution is 0.0504. The number of pyridine rings is 1. The lowest BCUT2D eigenvalue weighted by Crippen LogP contribution is -2.65. The number of rotatable bonds is 4. The molecule has 1 N–H and O–H groups in total. The summed E-state index contributed by atoms with van der Waals surface area (Å²) in [6.07, 6.45) is 4.22. The number of carbonyl (C=O) groups is 1. The predicted octanol–water partition coefficient (Wildman–Crippen LogP) is 0.776. The van der Waals surface area contributed by atoms with Gasteiger partial charge in [0, 0.05) is 64.7 Å². The molecule has 0 spiro atoms. The number of anilines is 1. The van der Waals surface area contributed by atoms with Crippen LogP contribution in [0.15, 0.2) is 24.4 Å². The molecular formula is C18H27N5O2. The van der Waals surface area contributed by atoms with Crippen LogP contribution in [0, 0.1) is 0 Å². The zero-order chi connectivity index (χ0) is 17.1. The van der Waals surface area contributed by atoms with Crippen LogP contribution in [0.2, 0.25) is 0 Å². The molecule has 3 fully saturated rings. The Hall–Kier alpha value is -1.86. The highest BCUT2D eigenvalue weighted by molar-refractivity contribution is 5.75. The van der Waals surface area contributed by atoms with Crippen molar-refractivity contribution in [3.05, 3.63) is 24.4 Å². The monoisotopic (exact) mass is 345 g/mol. The van der Waals surface area contributed by atoms with Crippen LogP contribution in [-0.2, 0) is 4.74 Å². The maximum absolute atomic E-state index is 12.2. The number of nitrogens with one attached hydrogen (secondary N) is 1. The number of carbonyl (C=O) groups excluding carboxylic acids is 1. The third-order valence-corrected chi connectivity index (χ3v) is 5.46. The zero-order valence-corrected chi connectivity index (χ0v) is 14.6. The Morgan fingerprint density at radius 3 is 2.76 bits per heavy atom. The van der Waals surface area contributed by atoms with Gasteiger partial charge in [0.15, 0.2) is 0 Å². The molecule has 7 heteroatoms. The maximum atomic E-state index is 12.2. The van der Waals surface area contributed by atoms with Crippen LogP contribution in [-0.4, -0.2) is 85.4 Å². The van der Waals surface area contributed by atoms with Gasteiger partial charge in [0.25, 0.3) is 0 Å². The lowest BCUT2D eigenvalue weighted by Gasteiger charge is -2.48. The number of likely N-dealkylation sites (tertiary alicyclic amines) is 1. The van der Waals surface area contributed by atoms with Crippen molar-refractivity contribution in [3.63, 3.8) is 0 Å². The molecule has 3 saturated heterocycles. The summed E-state index contributed by atoms with van der Waals surface area (Å²) in [7, 11) is 0. The first-order valence-corrected chi connectivity index (χ1v) is 9.34. The van der Waals surface area contributed by atoms with Crippen LogP contribution >= 0.6 is 0 Å². The molecule has 0 aliphatic carbocycles. The van der Waals surface area contributed by atoms with Crippen molar-refractivity contribution in [1.29, 1.82) is 0 Å². The topological polar surface area (TPSA) is 60.9 Å². The molecule has 3 aliphatic heterocycles. The van der Waals surface area contributed by atoms with E-state index in [0.717, 1.165) is 64.5 Å². The predicted molar refractivity (Wildman–Crippen MR) is 95.8 cm³/mol. The van der Waals surface area contributed by atoms with Gasteiger partial charge in [0.05, 0.1) is 6.10 Å². The number of ether oxygens (including phenoxy) is 1. The number of hydrogen-bond acceptors (Lipinski definition) is 5. The standard InChI is InChI=1S/C18H27N5O2/c24-18(20-12-16-4-3-11-25-16)23-13-15(14-23)21-7-9-22(10-8-21)17-5-1-2-6-19-17/h1-2,5-6,15-16H,3-4,7-14H2,(H,20,24). The molecule has 136 valence electrons. The minimum absolute atomic E-state index is 0.0545. The first-order valence-electron chi connectivity index (χ1n) is 9.34. The van der Waals surface area contributed by atoms with E-state index in [4.69, 9.17) is 4.74 Å². The molecule has 2 amide bonds. The van der Waals surface area contributed by atoms with Gasteiger partial charge in [0.2, 0.25) is 0 Å². The largest absolute Gasteiger partial charge is 0.376 e. The van der Waals surface area contributed by atoms with E-state index in [1.54, 1.807) is 0 Å². The first kappa shape index (κ1) is 16.6. The fourth-order valence-corrected chi connectivity index (χ4v) is 3.83. The number of amides is 2. The molecule has 0 bridgehead atoms. The molecule has 0 aromatic carbocycles. The zero-order valence-electron chi connectivity index (χ0n) is 14.6. The minimum atomic E-state index is 0.0545. The van der Waals surface area contributed by atoms with Gasteiger partial charge in [-0.1, -0.05) is 6.07 Å². The third-order valence-electron chi connectivity index (χ3n) is 5.46. The Kier molecular flexibility index (Phi) is 5.03. The Morgan fingerprint density at radius 2 is 2.08 bits per heavy atom. The Bertz CT molecular complexity index is 564. The van der Waals surface area contributed by atoms with E-state index in [1.807, 2.05) is 23.2 Å². The molecule has 1 aromatic rings. The van der Waals surface area contributed by atoms with Gasteiger partial charge >= 0.3 is 6.03 Å². The van der Waals surface area contributed by atoms with Gasteiger partial charge in [-0.2, -0.15) is 0 Å². The summed E-state index contributed by atoms with van der Waals surface area (Å²) in [6.45, 7) is 7.21. The minimum Gasteiger partial charge on any atom is -0.376 e. The highest BCUT2D eigenvalue weighted by Crippen LogP contribution is 2.19. The van der Waals surface area contributed by atoms with E-state index < -0.39 is 0 Å². The van der Waals surface area contributed by atoms with Crippen molar-refractivity contribution in [3.8, 4) is 0 Å². The second kappa shape index (κ2) is 7.58. The van der Waals surface area contributed by atoms with Gasteiger partial charge in [-0.3, -0.25) is 4.90 Å². The van der Waals surface area contributed by atoms with Crippen LogP contribution in [0.5, 0.6) is 0 Å². The van der Waals surface area contributed by atoms with E-state index in [9.17, 15) is 4.79 Å². The van der Waals surface area contributed by atoms with Crippen molar-refractivity contribution in [1.82, 2.24) is 20.1 Å². The van der Waals surface area contributed by atoms with E-state index in [-0.39, 0.29) is 12.1 Å². The summed E-state index contributed by atoms with van der Waals surface area (Å²) < 4.78 is 5.55. The van der Waals surface area contributed by atoms with Crippen LogP contribution in [0.4, 0.5) is 10.6 Å². The smallest absolute Gasteiger partial charge is 0.317 e. The summed E-state index contributed by atoms with van der Waals surface area (Å²) in [6, 6.07) is 6.61. The summed E-state index contributed by atoms with van der Waals surface area (Å²) in [5, 5.41) is 3.01. The van der Waals surface area contributed by atoms with Gasteiger partial charge in [-0.05, 0) is 25.0 Å². The van der Waals surface area contributed by atoms with E-state index >= 15 is 0 Å². The Balaban J connectivity index is 1.16. The second-order valence-electron chi connectivity index (χ2n) is 7.09. The number of urea groups is 1. The number of piperazine rings is 1. The van der Waals surface area contributed by atoms with E-state index in [2.05, 4.69) is 26.2 Å². The summed E-state index contributed by atoms with van der Waals surface area (Å²) >= 11 is 0. The first-order chi connectivity index (χ1) is 12.3. The fourth-order valence-electron chi connectivity index (χ4n) is 3.83. The number of nitrogens with zero attached hydrogens (tertiary/aromatic N) is 4. The molecule has 25 heavy (non-hydrogen) atoms. The van der Waals surface area contributed by atoms with Crippen LogP contribution in [0.3, 0.4) is 0 Å². The molecule has 0 saturated carbocycles. The summed E-state index contributed by atoms with van der Waals surface area (Å²) in [5.74, 6) is 1.06.